The SMILES string of the molecule is CCn1nccc1C(N)c1cc2c(s1)CCCCC2. The van der Waals surface area contributed by atoms with Crippen LogP contribution in [0.25, 0.3) is 0 Å². The van der Waals surface area contributed by atoms with Gasteiger partial charge < -0.3 is 5.73 Å². The smallest absolute Gasteiger partial charge is 0.0817 e. The molecule has 1 atom stereocenters. The molecule has 1 aliphatic rings. The quantitative estimate of drug-likeness (QED) is 0.874. The number of rotatable bonds is 3. The van der Waals surface area contributed by atoms with Crippen molar-refractivity contribution >= 4 is 11.3 Å². The molecule has 2 N–H and O–H groups in total. The summed E-state index contributed by atoms with van der Waals surface area (Å²) in [6.07, 6.45) is 8.33. The van der Waals surface area contributed by atoms with E-state index in [9.17, 15) is 0 Å². The molecule has 0 aliphatic heterocycles. The molecule has 0 saturated heterocycles. The minimum absolute atomic E-state index is 0.0284. The average Bonchev–Trinajstić information content (AvgIpc) is 3.00. The zero-order valence-electron chi connectivity index (χ0n) is 11.4. The molecule has 0 radical (unpaired) electrons. The molecule has 2 heterocycles. The van der Waals surface area contributed by atoms with Crippen LogP contribution in [0, 0.1) is 0 Å². The highest BCUT2D eigenvalue weighted by Gasteiger charge is 2.19. The second kappa shape index (κ2) is 5.47. The average molecular weight is 275 g/mol. The lowest BCUT2D eigenvalue weighted by molar-refractivity contribution is 0.603. The van der Waals surface area contributed by atoms with E-state index in [-0.39, 0.29) is 6.04 Å². The Morgan fingerprint density at radius 1 is 1.37 bits per heavy atom. The van der Waals surface area contributed by atoms with E-state index in [0.717, 1.165) is 12.2 Å². The molecular formula is C15H21N3S. The fourth-order valence-electron chi connectivity index (χ4n) is 2.86. The summed E-state index contributed by atoms with van der Waals surface area (Å²) in [4.78, 5) is 2.85. The van der Waals surface area contributed by atoms with Gasteiger partial charge in [-0.05, 0) is 50.3 Å². The van der Waals surface area contributed by atoms with Crippen LogP contribution in [0.2, 0.25) is 0 Å². The highest BCUT2D eigenvalue weighted by atomic mass is 32.1. The highest BCUT2D eigenvalue weighted by molar-refractivity contribution is 7.12. The van der Waals surface area contributed by atoms with E-state index in [2.05, 4.69) is 18.1 Å². The number of thiophene rings is 1. The van der Waals surface area contributed by atoms with Gasteiger partial charge >= 0.3 is 0 Å². The molecule has 102 valence electrons. The number of aryl methyl sites for hydroxylation is 3. The van der Waals surface area contributed by atoms with Gasteiger partial charge in [0.1, 0.15) is 0 Å². The zero-order chi connectivity index (χ0) is 13.2. The predicted octanol–water partition coefficient (Wildman–Crippen LogP) is 3.28. The Labute approximate surface area is 118 Å². The number of fused-ring (bicyclic) bond motifs is 1. The summed E-state index contributed by atoms with van der Waals surface area (Å²) in [6.45, 7) is 2.98. The summed E-state index contributed by atoms with van der Waals surface area (Å²) in [7, 11) is 0. The summed E-state index contributed by atoms with van der Waals surface area (Å²) in [6, 6.07) is 4.35. The van der Waals surface area contributed by atoms with Crippen LogP contribution >= 0.6 is 11.3 Å². The van der Waals surface area contributed by atoms with Gasteiger partial charge in [0.25, 0.3) is 0 Å². The van der Waals surface area contributed by atoms with E-state index < -0.39 is 0 Å². The maximum absolute atomic E-state index is 6.44. The molecule has 0 amide bonds. The van der Waals surface area contributed by atoms with Crippen molar-refractivity contribution in [3.8, 4) is 0 Å². The molecule has 19 heavy (non-hydrogen) atoms. The molecule has 0 spiro atoms. The van der Waals surface area contributed by atoms with E-state index in [1.54, 1.807) is 4.88 Å². The number of hydrogen-bond acceptors (Lipinski definition) is 3. The molecule has 0 bridgehead atoms. The van der Waals surface area contributed by atoms with E-state index in [1.165, 1.54) is 42.5 Å². The summed E-state index contributed by atoms with van der Waals surface area (Å²) in [5.74, 6) is 0. The third-order valence-corrected chi connectivity index (χ3v) is 5.26. The Hall–Kier alpha value is -1.13. The lowest BCUT2D eigenvalue weighted by Crippen LogP contribution is -2.16. The maximum atomic E-state index is 6.44. The van der Waals surface area contributed by atoms with E-state index in [0.29, 0.717) is 0 Å². The van der Waals surface area contributed by atoms with Crippen LogP contribution < -0.4 is 5.73 Å². The molecule has 1 unspecified atom stereocenters. The Balaban J connectivity index is 1.90. The van der Waals surface area contributed by atoms with Gasteiger partial charge in [-0.2, -0.15) is 5.10 Å². The van der Waals surface area contributed by atoms with Gasteiger partial charge in [-0.25, -0.2) is 0 Å². The first kappa shape index (κ1) is 12.9. The van der Waals surface area contributed by atoms with Crippen LogP contribution in [0.3, 0.4) is 0 Å². The molecule has 3 nitrogen and oxygen atoms in total. The van der Waals surface area contributed by atoms with Gasteiger partial charge in [0.05, 0.1) is 11.7 Å². The Kier molecular flexibility index (Phi) is 3.71. The van der Waals surface area contributed by atoms with Crippen LogP contribution in [0.5, 0.6) is 0 Å². The zero-order valence-corrected chi connectivity index (χ0v) is 12.2. The second-order valence-corrected chi connectivity index (χ2v) is 6.38. The predicted molar refractivity (Wildman–Crippen MR) is 79.5 cm³/mol. The second-order valence-electron chi connectivity index (χ2n) is 5.21. The van der Waals surface area contributed by atoms with Crippen molar-refractivity contribution in [2.75, 3.05) is 0 Å². The van der Waals surface area contributed by atoms with Crippen molar-refractivity contribution in [1.82, 2.24) is 9.78 Å². The maximum Gasteiger partial charge on any atom is 0.0817 e. The summed E-state index contributed by atoms with van der Waals surface area (Å²) in [5.41, 5.74) is 9.10. The fraction of sp³-hybridized carbons (Fsp3) is 0.533. The van der Waals surface area contributed by atoms with E-state index >= 15 is 0 Å². The van der Waals surface area contributed by atoms with Crippen LogP contribution in [0.15, 0.2) is 18.3 Å². The Morgan fingerprint density at radius 3 is 3.05 bits per heavy atom. The standard InChI is InChI=1S/C15H21N3S/c1-2-18-12(8-9-17-18)15(16)14-10-11-6-4-3-5-7-13(11)19-14/h8-10,15H,2-7,16H2,1H3. The first-order chi connectivity index (χ1) is 9.29. The van der Waals surface area contributed by atoms with E-state index in [4.69, 9.17) is 5.73 Å². The first-order valence-electron chi connectivity index (χ1n) is 7.18. The topological polar surface area (TPSA) is 43.8 Å². The lowest BCUT2D eigenvalue weighted by atomic mass is 10.1. The molecule has 0 aromatic carbocycles. The molecule has 1 aliphatic carbocycles. The van der Waals surface area contributed by atoms with Crippen molar-refractivity contribution in [3.05, 3.63) is 39.3 Å². The van der Waals surface area contributed by atoms with Crippen LogP contribution in [0.1, 0.15) is 53.2 Å². The van der Waals surface area contributed by atoms with Crippen molar-refractivity contribution in [2.24, 2.45) is 5.73 Å². The number of hydrogen-bond donors (Lipinski definition) is 1. The molecule has 0 saturated carbocycles. The summed E-state index contributed by atoms with van der Waals surface area (Å²) < 4.78 is 2.00. The van der Waals surface area contributed by atoms with Gasteiger partial charge in [0.15, 0.2) is 0 Å². The third-order valence-electron chi connectivity index (χ3n) is 3.94. The molecule has 4 heteroatoms. The minimum atomic E-state index is -0.0284. The first-order valence-corrected chi connectivity index (χ1v) is 8.00. The van der Waals surface area contributed by atoms with Crippen molar-refractivity contribution < 1.29 is 0 Å². The monoisotopic (exact) mass is 275 g/mol. The van der Waals surface area contributed by atoms with Gasteiger partial charge in [-0.15, -0.1) is 11.3 Å². The molecule has 2 aromatic rings. The van der Waals surface area contributed by atoms with Crippen LogP contribution in [-0.2, 0) is 19.4 Å². The normalized spacial score (nSPS) is 16.9. The Morgan fingerprint density at radius 2 is 2.21 bits per heavy atom. The van der Waals surface area contributed by atoms with Crippen LogP contribution in [-0.4, -0.2) is 9.78 Å². The summed E-state index contributed by atoms with van der Waals surface area (Å²) >= 11 is 1.91. The molecule has 0 fully saturated rings. The lowest BCUT2D eigenvalue weighted by Gasteiger charge is -2.11. The van der Waals surface area contributed by atoms with Crippen molar-refractivity contribution in [1.29, 1.82) is 0 Å². The van der Waals surface area contributed by atoms with Gasteiger partial charge in [0.2, 0.25) is 0 Å². The van der Waals surface area contributed by atoms with Crippen LogP contribution in [0.4, 0.5) is 0 Å². The third kappa shape index (κ3) is 2.47. The number of nitrogens with two attached hydrogens (primary N) is 1. The Bertz CT molecular complexity index is 532. The van der Waals surface area contributed by atoms with Crippen molar-refractivity contribution in [2.45, 2.75) is 51.6 Å². The molecule has 2 aromatic heterocycles. The molecular weight excluding hydrogens is 254 g/mol. The summed E-state index contributed by atoms with van der Waals surface area (Å²) in [5, 5.41) is 4.32. The molecule has 3 rings (SSSR count). The fourth-order valence-corrected chi connectivity index (χ4v) is 4.13. The van der Waals surface area contributed by atoms with Gasteiger partial charge in [-0.1, -0.05) is 6.42 Å². The van der Waals surface area contributed by atoms with Crippen molar-refractivity contribution in [3.63, 3.8) is 0 Å². The minimum Gasteiger partial charge on any atom is -0.318 e. The number of aromatic nitrogens is 2. The number of nitrogens with zero attached hydrogens (tertiary/aromatic N) is 2. The van der Waals surface area contributed by atoms with Gasteiger partial charge in [-0.3, -0.25) is 4.68 Å². The van der Waals surface area contributed by atoms with E-state index in [1.807, 2.05) is 28.3 Å². The largest absolute Gasteiger partial charge is 0.318 e. The van der Waals surface area contributed by atoms with Gasteiger partial charge in [0, 0.05) is 22.5 Å². The highest BCUT2D eigenvalue weighted by Crippen LogP contribution is 2.33.